The molecule has 6 nitrogen and oxygen atoms in total. The summed E-state index contributed by atoms with van der Waals surface area (Å²) in [7, 11) is 1.82. The van der Waals surface area contributed by atoms with Gasteiger partial charge in [-0.05, 0) is 21.5 Å². The summed E-state index contributed by atoms with van der Waals surface area (Å²) in [5.41, 5.74) is 1.72. The highest BCUT2D eigenvalue weighted by atomic mass is 79.9. The Kier molecular flexibility index (Phi) is 3.85. The fourth-order valence-corrected chi connectivity index (χ4v) is 2.84. The molecule has 0 radical (unpaired) electrons. The van der Waals surface area contributed by atoms with E-state index in [2.05, 4.69) is 36.3 Å². The predicted molar refractivity (Wildman–Crippen MR) is 83.9 cm³/mol. The second-order valence-electron chi connectivity index (χ2n) is 4.63. The zero-order chi connectivity index (χ0) is 14.8. The summed E-state index contributed by atoms with van der Waals surface area (Å²) in [6.45, 7) is -0.0343. The van der Waals surface area contributed by atoms with Gasteiger partial charge in [0.05, 0.1) is 18.0 Å². The molecule has 2 aromatic heterocycles. The first-order valence-electron chi connectivity index (χ1n) is 6.46. The summed E-state index contributed by atoms with van der Waals surface area (Å²) in [5, 5.41) is 18.0. The number of halogens is 1. The Hall–Kier alpha value is -1.99. The van der Waals surface area contributed by atoms with Crippen LogP contribution in [0.25, 0.3) is 11.0 Å². The van der Waals surface area contributed by atoms with Gasteiger partial charge in [-0.3, -0.25) is 0 Å². The van der Waals surface area contributed by atoms with Gasteiger partial charge in [-0.15, -0.1) is 0 Å². The minimum Gasteiger partial charge on any atom is -0.394 e. The van der Waals surface area contributed by atoms with E-state index in [-0.39, 0.29) is 12.6 Å². The van der Waals surface area contributed by atoms with E-state index in [4.69, 9.17) is 0 Å². The lowest BCUT2D eigenvalue weighted by atomic mass is 10.1. The largest absolute Gasteiger partial charge is 0.394 e. The Morgan fingerprint density at radius 2 is 2.05 bits per heavy atom. The van der Waals surface area contributed by atoms with Crippen molar-refractivity contribution in [3.8, 4) is 0 Å². The molecule has 2 N–H and O–H groups in total. The molecule has 7 heteroatoms. The second kappa shape index (κ2) is 5.79. The molecule has 1 aromatic carbocycles. The number of nitrogens with one attached hydrogen (secondary N) is 1. The summed E-state index contributed by atoms with van der Waals surface area (Å²) in [5.74, 6) is 0.642. The average Bonchev–Trinajstić information content (AvgIpc) is 2.81. The predicted octanol–water partition coefficient (Wildman–Crippen LogP) is 2.27. The monoisotopic (exact) mass is 347 g/mol. The highest BCUT2D eigenvalue weighted by Crippen LogP contribution is 2.29. The van der Waals surface area contributed by atoms with Gasteiger partial charge in [-0.1, -0.05) is 30.3 Å². The van der Waals surface area contributed by atoms with Crippen LogP contribution in [-0.2, 0) is 7.05 Å². The van der Waals surface area contributed by atoms with E-state index >= 15 is 0 Å². The van der Waals surface area contributed by atoms with Crippen LogP contribution in [0.2, 0.25) is 0 Å². The van der Waals surface area contributed by atoms with Gasteiger partial charge in [0.2, 0.25) is 0 Å². The smallest absolute Gasteiger partial charge is 0.164 e. The van der Waals surface area contributed by atoms with Crippen molar-refractivity contribution in [3.63, 3.8) is 0 Å². The highest BCUT2D eigenvalue weighted by molar-refractivity contribution is 9.10. The van der Waals surface area contributed by atoms with Crippen LogP contribution in [0.1, 0.15) is 11.6 Å². The van der Waals surface area contributed by atoms with Gasteiger partial charge in [0.1, 0.15) is 16.7 Å². The van der Waals surface area contributed by atoms with Gasteiger partial charge in [0.15, 0.2) is 5.65 Å². The molecule has 1 atom stereocenters. The van der Waals surface area contributed by atoms with Crippen LogP contribution in [-0.4, -0.2) is 31.5 Å². The molecule has 3 rings (SSSR count). The third-order valence-corrected chi connectivity index (χ3v) is 3.83. The van der Waals surface area contributed by atoms with Gasteiger partial charge in [-0.2, -0.15) is 5.10 Å². The van der Waals surface area contributed by atoms with Crippen molar-refractivity contribution in [3.05, 3.63) is 46.8 Å². The summed E-state index contributed by atoms with van der Waals surface area (Å²) in [6, 6.07) is 9.51. The number of aliphatic hydroxyl groups is 1. The standard InChI is InChI=1S/C14H14BrN5O/c1-20-14-11(12(15)19-20)13(16-8-17-14)18-10(7-21)9-5-3-2-4-6-9/h2-6,8,10,21H,7H2,1H3,(H,16,17,18). The Labute approximate surface area is 130 Å². The molecule has 0 bridgehead atoms. The van der Waals surface area contributed by atoms with Crippen LogP contribution in [0.3, 0.4) is 0 Å². The molecule has 2 heterocycles. The number of fused-ring (bicyclic) bond motifs is 1. The number of aromatic nitrogens is 4. The van der Waals surface area contributed by atoms with E-state index in [0.29, 0.717) is 10.4 Å². The number of aryl methyl sites for hydroxylation is 1. The van der Waals surface area contributed by atoms with Gasteiger partial charge < -0.3 is 10.4 Å². The number of aliphatic hydroxyl groups excluding tert-OH is 1. The van der Waals surface area contributed by atoms with E-state index in [0.717, 1.165) is 16.6 Å². The first-order valence-corrected chi connectivity index (χ1v) is 7.25. The van der Waals surface area contributed by atoms with Gasteiger partial charge in [-0.25, -0.2) is 14.6 Å². The summed E-state index contributed by atoms with van der Waals surface area (Å²) < 4.78 is 2.36. The van der Waals surface area contributed by atoms with Crippen molar-refractivity contribution in [1.29, 1.82) is 0 Å². The highest BCUT2D eigenvalue weighted by Gasteiger charge is 2.17. The summed E-state index contributed by atoms with van der Waals surface area (Å²) in [4.78, 5) is 8.50. The maximum Gasteiger partial charge on any atom is 0.164 e. The molecule has 0 spiro atoms. The van der Waals surface area contributed by atoms with E-state index in [1.54, 1.807) is 4.68 Å². The lowest BCUT2D eigenvalue weighted by Crippen LogP contribution is -2.16. The van der Waals surface area contributed by atoms with Crippen molar-refractivity contribution < 1.29 is 5.11 Å². The third-order valence-electron chi connectivity index (χ3n) is 3.27. The van der Waals surface area contributed by atoms with Crippen molar-refractivity contribution in [1.82, 2.24) is 19.7 Å². The SMILES string of the molecule is Cn1nc(Br)c2c(NC(CO)c3ccccc3)ncnc21. The molecule has 0 saturated heterocycles. The number of nitrogens with zero attached hydrogens (tertiary/aromatic N) is 4. The molecule has 0 saturated carbocycles. The van der Waals surface area contributed by atoms with Crippen LogP contribution in [0.4, 0.5) is 5.82 Å². The average molecular weight is 348 g/mol. The van der Waals surface area contributed by atoms with Gasteiger partial charge in [0.25, 0.3) is 0 Å². The van der Waals surface area contributed by atoms with Crippen LogP contribution in [0.15, 0.2) is 41.3 Å². The molecular weight excluding hydrogens is 334 g/mol. The lowest BCUT2D eigenvalue weighted by molar-refractivity contribution is 0.276. The van der Waals surface area contributed by atoms with Gasteiger partial charge in [0, 0.05) is 7.05 Å². The fraction of sp³-hybridized carbons (Fsp3) is 0.214. The maximum atomic E-state index is 9.65. The molecule has 0 fully saturated rings. The van der Waals surface area contributed by atoms with E-state index < -0.39 is 0 Å². The van der Waals surface area contributed by atoms with Crippen molar-refractivity contribution in [2.45, 2.75) is 6.04 Å². The summed E-state index contributed by atoms with van der Waals surface area (Å²) >= 11 is 3.42. The van der Waals surface area contributed by atoms with Crippen molar-refractivity contribution in [2.75, 3.05) is 11.9 Å². The van der Waals surface area contributed by atoms with Crippen LogP contribution in [0.5, 0.6) is 0 Å². The second-order valence-corrected chi connectivity index (χ2v) is 5.38. The zero-order valence-electron chi connectivity index (χ0n) is 11.4. The molecular formula is C14H14BrN5O. The zero-order valence-corrected chi connectivity index (χ0v) is 12.9. The molecule has 0 aliphatic carbocycles. The number of hydrogen-bond donors (Lipinski definition) is 2. The number of anilines is 1. The van der Waals surface area contributed by atoms with Crippen molar-refractivity contribution >= 4 is 32.8 Å². The van der Waals surface area contributed by atoms with Crippen molar-refractivity contribution in [2.24, 2.45) is 7.05 Å². The topological polar surface area (TPSA) is 75.9 Å². The molecule has 1 unspecified atom stereocenters. The fourth-order valence-electron chi connectivity index (χ4n) is 2.23. The normalized spacial score (nSPS) is 12.5. The van der Waals surface area contributed by atoms with E-state index in [9.17, 15) is 5.11 Å². The number of rotatable bonds is 4. The first-order chi connectivity index (χ1) is 10.2. The minimum atomic E-state index is -0.239. The molecule has 21 heavy (non-hydrogen) atoms. The maximum absolute atomic E-state index is 9.65. The van der Waals surface area contributed by atoms with Crippen LogP contribution >= 0.6 is 15.9 Å². The van der Waals surface area contributed by atoms with E-state index in [1.165, 1.54) is 6.33 Å². The number of hydrogen-bond acceptors (Lipinski definition) is 5. The molecule has 0 aliphatic rings. The Balaban J connectivity index is 2.01. The third kappa shape index (κ3) is 2.62. The Morgan fingerprint density at radius 3 is 2.76 bits per heavy atom. The molecule has 0 amide bonds. The lowest BCUT2D eigenvalue weighted by Gasteiger charge is -2.17. The summed E-state index contributed by atoms with van der Waals surface area (Å²) in [6.07, 6.45) is 1.48. The molecule has 108 valence electrons. The molecule has 0 aliphatic heterocycles. The molecule has 3 aromatic rings. The quantitative estimate of drug-likeness (QED) is 0.757. The van der Waals surface area contributed by atoms with Crippen LogP contribution < -0.4 is 5.32 Å². The Morgan fingerprint density at radius 1 is 1.29 bits per heavy atom. The number of benzene rings is 1. The van der Waals surface area contributed by atoms with E-state index in [1.807, 2.05) is 37.4 Å². The minimum absolute atomic E-state index is 0.0343. The Bertz CT molecular complexity index is 759. The van der Waals surface area contributed by atoms with Gasteiger partial charge >= 0.3 is 0 Å². The first kappa shape index (κ1) is 14.0. The van der Waals surface area contributed by atoms with Crippen LogP contribution in [0, 0.1) is 0 Å².